The molecule has 2 rings (SSSR count). The van der Waals surface area contributed by atoms with Gasteiger partial charge in [-0.2, -0.15) is 5.26 Å². The SMILES string of the molecule is N#Cc1nc(NCCN2CCOCC2)ccc1[N+](=O)[O-]. The van der Waals surface area contributed by atoms with Crippen molar-refractivity contribution in [3.63, 3.8) is 0 Å². The molecule has 20 heavy (non-hydrogen) atoms. The van der Waals surface area contributed by atoms with Crippen LogP contribution in [-0.2, 0) is 4.74 Å². The third kappa shape index (κ3) is 3.63. The van der Waals surface area contributed by atoms with E-state index < -0.39 is 4.92 Å². The van der Waals surface area contributed by atoms with Crippen LogP contribution >= 0.6 is 0 Å². The maximum Gasteiger partial charge on any atom is 0.305 e. The van der Waals surface area contributed by atoms with E-state index >= 15 is 0 Å². The van der Waals surface area contributed by atoms with Crippen LogP contribution in [0.1, 0.15) is 5.69 Å². The van der Waals surface area contributed by atoms with Crippen molar-refractivity contribution in [2.45, 2.75) is 0 Å². The fourth-order valence-electron chi connectivity index (χ4n) is 1.95. The third-order valence-corrected chi connectivity index (χ3v) is 3.01. The van der Waals surface area contributed by atoms with Crippen LogP contribution in [-0.4, -0.2) is 54.2 Å². The zero-order valence-corrected chi connectivity index (χ0v) is 10.9. The first-order valence-corrected chi connectivity index (χ1v) is 6.30. The normalized spacial score (nSPS) is 15.6. The highest BCUT2D eigenvalue weighted by Crippen LogP contribution is 2.17. The minimum absolute atomic E-state index is 0.175. The lowest BCUT2D eigenvalue weighted by molar-refractivity contribution is -0.385. The van der Waals surface area contributed by atoms with Gasteiger partial charge in [-0.1, -0.05) is 0 Å². The Hall–Kier alpha value is -2.24. The monoisotopic (exact) mass is 277 g/mol. The van der Waals surface area contributed by atoms with E-state index in [0.29, 0.717) is 12.4 Å². The molecule has 1 aromatic heterocycles. The van der Waals surface area contributed by atoms with Gasteiger partial charge in [0.15, 0.2) is 0 Å². The molecule has 1 saturated heterocycles. The quantitative estimate of drug-likeness (QED) is 0.620. The second kappa shape index (κ2) is 6.79. The molecule has 0 bridgehead atoms. The summed E-state index contributed by atoms with van der Waals surface area (Å²) in [7, 11) is 0. The number of rotatable bonds is 5. The van der Waals surface area contributed by atoms with Gasteiger partial charge in [-0.05, 0) is 6.07 Å². The van der Waals surface area contributed by atoms with Gasteiger partial charge in [0.25, 0.3) is 0 Å². The molecule has 1 aliphatic rings. The average molecular weight is 277 g/mol. The summed E-state index contributed by atoms with van der Waals surface area (Å²) >= 11 is 0. The molecule has 1 fully saturated rings. The van der Waals surface area contributed by atoms with E-state index in [4.69, 9.17) is 10.00 Å². The average Bonchev–Trinajstić information content (AvgIpc) is 2.48. The predicted molar refractivity (Wildman–Crippen MR) is 71.4 cm³/mol. The summed E-state index contributed by atoms with van der Waals surface area (Å²) in [6.45, 7) is 4.79. The minimum Gasteiger partial charge on any atom is -0.379 e. The number of pyridine rings is 1. The first-order valence-electron chi connectivity index (χ1n) is 6.30. The molecule has 0 saturated carbocycles. The van der Waals surface area contributed by atoms with E-state index in [1.54, 1.807) is 6.07 Å². The summed E-state index contributed by atoms with van der Waals surface area (Å²) in [5.41, 5.74) is -0.447. The Bertz CT molecular complexity index is 522. The fraction of sp³-hybridized carbons (Fsp3) is 0.500. The van der Waals surface area contributed by atoms with Crippen LogP contribution in [0.5, 0.6) is 0 Å². The van der Waals surface area contributed by atoms with Gasteiger partial charge in [-0.25, -0.2) is 4.98 Å². The molecule has 8 heteroatoms. The molecule has 0 aliphatic carbocycles. The molecule has 1 aromatic rings. The Balaban J connectivity index is 1.90. The molecule has 0 spiro atoms. The zero-order valence-electron chi connectivity index (χ0n) is 10.9. The lowest BCUT2D eigenvalue weighted by Gasteiger charge is -2.26. The largest absolute Gasteiger partial charge is 0.379 e. The van der Waals surface area contributed by atoms with Crippen molar-refractivity contribution in [3.8, 4) is 6.07 Å². The number of nitrogens with zero attached hydrogens (tertiary/aromatic N) is 4. The van der Waals surface area contributed by atoms with Crippen molar-refractivity contribution in [2.24, 2.45) is 0 Å². The molecular weight excluding hydrogens is 262 g/mol. The van der Waals surface area contributed by atoms with E-state index in [1.165, 1.54) is 12.1 Å². The van der Waals surface area contributed by atoms with E-state index in [-0.39, 0.29) is 11.4 Å². The Morgan fingerprint density at radius 3 is 2.90 bits per heavy atom. The molecule has 1 N–H and O–H groups in total. The molecule has 106 valence electrons. The summed E-state index contributed by atoms with van der Waals surface area (Å²) in [4.78, 5) is 16.3. The molecule has 2 heterocycles. The number of anilines is 1. The summed E-state index contributed by atoms with van der Waals surface area (Å²) < 4.78 is 5.26. The highest BCUT2D eigenvalue weighted by atomic mass is 16.6. The van der Waals surface area contributed by atoms with Crippen molar-refractivity contribution in [1.29, 1.82) is 5.26 Å². The van der Waals surface area contributed by atoms with Crippen LogP contribution in [0, 0.1) is 21.4 Å². The highest BCUT2D eigenvalue weighted by Gasteiger charge is 2.15. The second-order valence-corrected chi connectivity index (χ2v) is 4.31. The van der Waals surface area contributed by atoms with Gasteiger partial charge < -0.3 is 10.1 Å². The van der Waals surface area contributed by atoms with Gasteiger partial charge in [0.05, 0.1) is 18.1 Å². The summed E-state index contributed by atoms with van der Waals surface area (Å²) in [5, 5.41) is 22.6. The standard InChI is InChI=1S/C12H15N5O3/c13-9-10-11(17(18)19)1-2-12(15-10)14-3-4-16-5-7-20-8-6-16/h1-2H,3-8H2,(H,14,15). The van der Waals surface area contributed by atoms with Crippen molar-refractivity contribution in [1.82, 2.24) is 9.88 Å². The minimum atomic E-state index is -0.608. The smallest absolute Gasteiger partial charge is 0.305 e. The maximum absolute atomic E-state index is 10.7. The maximum atomic E-state index is 10.7. The Morgan fingerprint density at radius 1 is 1.50 bits per heavy atom. The van der Waals surface area contributed by atoms with E-state index in [1.807, 2.05) is 0 Å². The first-order chi connectivity index (χ1) is 9.70. The number of ether oxygens (including phenoxy) is 1. The molecule has 0 atom stereocenters. The number of hydrogen-bond acceptors (Lipinski definition) is 7. The molecule has 8 nitrogen and oxygen atoms in total. The summed E-state index contributed by atoms with van der Waals surface area (Å²) in [6.07, 6.45) is 0. The van der Waals surface area contributed by atoms with Gasteiger partial charge in [0.2, 0.25) is 5.69 Å². The topological polar surface area (TPSA) is 104 Å². The lowest BCUT2D eigenvalue weighted by Crippen LogP contribution is -2.39. The van der Waals surface area contributed by atoms with Gasteiger partial charge in [0.1, 0.15) is 11.9 Å². The lowest BCUT2D eigenvalue weighted by atomic mass is 10.3. The third-order valence-electron chi connectivity index (χ3n) is 3.01. The molecule has 0 radical (unpaired) electrons. The summed E-state index contributed by atoms with van der Waals surface area (Å²) in [5.74, 6) is 0.473. The number of morpholine rings is 1. The van der Waals surface area contributed by atoms with Crippen molar-refractivity contribution < 1.29 is 9.66 Å². The number of nitrogens with one attached hydrogen (secondary N) is 1. The van der Waals surface area contributed by atoms with Crippen LogP contribution < -0.4 is 5.32 Å². The molecule has 0 aromatic carbocycles. The van der Waals surface area contributed by atoms with Gasteiger partial charge >= 0.3 is 5.69 Å². The Kier molecular flexibility index (Phi) is 4.81. The van der Waals surface area contributed by atoms with Crippen molar-refractivity contribution in [2.75, 3.05) is 44.7 Å². The number of nitro groups is 1. The molecule has 1 aliphatic heterocycles. The van der Waals surface area contributed by atoms with Crippen LogP contribution in [0.2, 0.25) is 0 Å². The van der Waals surface area contributed by atoms with Crippen LogP contribution in [0.15, 0.2) is 12.1 Å². The van der Waals surface area contributed by atoms with Gasteiger partial charge in [-0.3, -0.25) is 15.0 Å². The highest BCUT2D eigenvalue weighted by molar-refractivity contribution is 5.50. The van der Waals surface area contributed by atoms with Gasteiger partial charge in [-0.15, -0.1) is 0 Å². The summed E-state index contributed by atoms with van der Waals surface area (Å²) in [6, 6.07) is 4.54. The number of hydrogen-bond donors (Lipinski definition) is 1. The first kappa shape index (κ1) is 14.2. The number of aromatic nitrogens is 1. The van der Waals surface area contributed by atoms with E-state index in [2.05, 4.69) is 15.2 Å². The Labute approximate surface area is 116 Å². The fourth-order valence-corrected chi connectivity index (χ4v) is 1.95. The molecule has 0 amide bonds. The van der Waals surface area contributed by atoms with Crippen molar-refractivity contribution in [3.05, 3.63) is 27.9 Å². The van der Waals surface area contributed by atoms with Gasteiger partial charge in [0, 0.05) is 32.2 Å². The van der Waals surface area contributed by atoms with E-state index in [9.17, 15) is 10.1 Å². The Morgan fingerprint density at radius 2 is 2.25 bits per heavy atom. The van der Waals surface area contributed by atoms with Crippen LogP contribution in [0.3, 0.4) is 0 Å². The zero-order chi connectivity index (χ0) is 14.4. The second-order valence-electron chi connectivity index (χ2n) is 4.31. The molecular formula is C12H15N5O3. The van der Waals surface area contributed by atoms with Crippen LogP contribution in [0.4, 0.5) is 11.5 Å². The van der Waals surface area contributed by atoms with Crippen LogP contribution in [0.25, 0.3) is 0 Å². The molecule has 0 unspecified atom stereocenters. The van der Waals surface area contributed by atoms with Crippen molar-refractivity contribution >= 4 is 11.5 Å². The van der Waals surface area contributed by atoms with E-state index in [0.717, 1.165) is 32.8 Å². The number of nitriles is 1. The predicted octanol–water partition coefficient (Wildman–Crippen LogP) is 0.606.